The normalized spacial score (nSPS) is 17.1. The van der Waals surface area contributed by atoms with Crippen LogP contribution in [0, 0.1) is 10.1 Å². The number of nitrogens with zero attached hydrogens (tertiary/aromatic N) is 2. The molecule has 0 aliphatic carbocycles. The van der Waals surface area contributed by atoms with Crippen molar-refractivity contribution in [3.05, 3.63) is 38.8 Å². The third-order valence-corrected chi connectivity index (χ3v) is 3.59. The molecule has 1 aliphatic heterocycles. The number of rotatable bonds is 3. The topological polar surface area (TPSA) is 101 Å². The molecule has 1 aromatic carbocycles. The number of hydrogen-bond donors (Lipinski definition) is 1. The van der Waals surface area contributed by atoms with E-state index in [1.807, 2.05) is 0 Å². The first-order valence-electron chi connectivity index (χ1n) is 5.66. The van der Waals surface area contributed by atoms with E-state index < -0.39 is 22.3 Å². The summed E-state index contributed by atoms with van der Waals surface area (Å²) < 4.78 is 0. The number of likely N-dealkylation sites (N-methyl/N-ethyl adjacent to an activating group) is 1. The van der Waals surface area contributed by atoms with Crippen molar-refractivity contribution in [1.82, 2.24) is 4.90 Å². The van der Waals surface area contributed by atoms with Gasteiger partial charge < -0.3 is 5.11 Å². The summed E-state index contributed by atoms with van der Waals surface area (Å²) >= 11 is 0.786. The van der Waals surface area contributed by atoms with E-state index in [-0.39, 0.29) is 16.7 Å². The third kappa shape index (κ3) is 2.50. The quantitative estimate of drug-likeness (QED) is 0.521. The maximum atomic E-state index is 11.9. The number of nitro benzene ring substituents is 1. The van der Waals surface area contributed by atoms with Crippen molar-refractivity contribution in [2.45, 2.75) is 6.92 Å². The first-order chi connectivity index (χ1) is 9.43. The van der Waals surface area contributed by atoms with Crippen LogP contribution in [-0.4, -0.2) is 32.6 Å². The van der Waals surface area contributed by atoms with Crippen LogP contribution in [0.4, 0.5) is 10.5 Å². The number of carbonyl (C=O) groups is 2. The minimum atomic E-state index is -0.718. The number of carbonyl (C=O) groups excluding carboxylic acids is 2. The molecule has 20 heavy (non-hydrogen) atoms. The molecule has 0 saturated carbocycles. The average molecular weight is 294 g/mol. The van der Waals surface area contributed by atoms with E-state index in [1.54, 1.807) is 6.92 Å². The highest BCUT2D eigenvalue weighted by Crippen LogP contribution is 2.33. The average Bonchev–Trinajstić information content (AvgIpc) is 2.66. The molecule has 0 radical (unpaired) electrons. The molecule has 2 rings (SSSR count). The SMILES string of the molecule is CCN1C(=O)S/C(=C/c2ccc(O)c([N+](=O)[O-])c2)C1=O. The van der Waals surface area contributed by atoms with Gasteiger partial charge in [-0.2, -0.15) is 0 Å². The van der Waals surface area contributed by atoms with Crippen molar-refractivity contribution in [3.8, 4) is 5.75 Å². The van der Waals surface area contributed by atoms with E-state index in [1.165, 1.54) is 18.2 Å². The zero-order valence-corrected chi connectivity index (χ0v) is 11.2. The highest BCUT2D eigenvalue weighted by molar-refractivity contribution is 8.18. The van der Waals surface area contributed by atoms with Crippen LogP contribution < -0.4 is 0 Å². The Kier molecular flexibility index (Phi) is 3.75. The molecule has 1 aromatic rings. The first kappa shape index (κ1) is 14.1. The second kappa shape index (κ2) is 5.33. The Balaban J connectivity index is 2.37. The fourth-order valence-electron chi connectivity index (χ4n) is 1.70. The van der Waals surface area contributed by atoms with Crippen LogP contribution in [0.5, 0.6) is 5.75 Å². The molecule has 0 spiro atoms. The van der Waals surface area contributed by atoms with E-state index in [2.05, 4.69) is 0 Å². The van der Waals surface area contributed by atoms with Crippen molar-refractivity contribution in [2.75, 3.05) is 6.54 Å². The number of nitro groups is 1. The fourth-order valence-corrected chi connectivity index (χ4v) is 2.60. The number of thioether (sulfide) groups is 1. The van der Waals surface area contributed by atoms with Crippen molar-refractivity contribution >= 4 is 34.7 Å². The lowest BCUT2D eigenvalue weighted by molar-refractivity contribution is -0.385. The largest absolute Gasteiger partial charge is 0.502 e. The number of phenolic OH excluding ortho intramolecular Hbond substituents is 1. The van der Waals surface area contributed by atoms with Crippen molar-refractivity contribution in [3.63, 3.8) is 0 Å². The van der Waals surface area contributed by atoms with Gasteiger partial charge in [-0.15, -0.1) is 0 Å². The van der Waals surface area contributed by atoms with E-state index in [0.29, 0.717) is 5.56 Å². The minimum Gasteiger partial charge on any atom is -0.502 e. The Bertz CT molecular complexity index is 641. The number of hydrogen-bond acceptors (Lipinski definition) is 6. The Morgan fingerprint density at radius 2 is 2.15 bits per heavy atom. The molecule has 0 unspecified atom stereocenters. The van der Waals surface area contributed by atoms with Crippen LogP contribution in [0.3, 0.4) is 0 Å². The Labute approximate surface area is 118 Å². The molecule has 0 atom stereocenters. The monoisotopic (exact) mass is 294 g/mol. The summed E-state index contributed by atoms with van der Waals surface area (Å²) in [7, 11) is 0. The molecule has 1 aliphatic rings. The predicted octanol–water partition coefficient (Wildman–Crippen LogP) is 2.36. The summed E-state index contributed by atoms with van der Waals surface area (Å²) in [5.41, 5.74) is -0.0791. The molecule has 0 aromatic heterocycles. The number of imide groups is 1. The lowest BCUT2D eigenvalue weighted by Gasteiger charge is -2.06. The zero-order chi connectivity index (χ0) is 14.9. The lowest BCUT2D eigenvalue weighted by Crippen LogP contribution is -2.27. The Morgan fingerprint density at radius 3 is 2.70 bits per heavy atom. The van der Waals surface area contributed by atoms with Gasteiger partial charge in [-0.1, -0.05) is 6.07 Å². The Hall–Kier alpha value is -2.35. The molecule has 1 saturated heterocycles. The molecule has 7 nitrogen and oxygen atoms in total. The second-order valence-electron chi connectivity index (χ2n) is 3.93. The molecular weight excluding hydrogens is 284 g/mol. The van der Waals surface area contributed by atoms with Gasteiger partial charge in [0.25, 0.3) is 11.1 Å². The van der Waals surface area contributed by atoms with Gasteiger partial charge in [0.15, 0.2) is 5.75 Å². The van der Waals surface area contributed by atoms with Gasteiger partial charge in [-0.3, -0.25) is 24.6 Å². The summed E-state index contributed by atoms with van der Waals surface area (Å²) in [4.78, 5) is 34.7. The zero-order valence-electron chi connectivity index (χ0n) is 10.4. The van der Waals surface area contributed by atoms with E-state index in [0.717, 1.165) is 22.7 Å². The third-order valence-electron chi connectivity index (χ3n) is 2.68. The van der Waals surface area contributed by atoms with Crippen molar-refractivity contribution in [1.29, 1.82) is 0 Å². The van der Waals surface area contributed by atoms with E-state index >= 15 is 0 Å². The maximum Gasteiger partial charge on any atom is 0.311 e. The summed E-state index contributed by atoms with van der Waals surface area (Å²) in [5, 5.41) is 19.7. The van der Waals surface area contributed by atoms with Crippen LogP contribution in [-0.2, 0) is 4.79 Å². The van der Waals surface area contributed by atoms with Gasteiger partial charge >= 0.3 is 5.69 Å². The predicted molar refractivity (Wildman–Crippen MR) is 73.1 cm³/mol. The van der Waals surface area contributed by atoms with Crippen molar-refractivity contribution < 1.29 is 19.6 Å². The van der Waals surface area contributed by atoms with Crippen LogP contribution in [0.1, 0.15) is 12.5 Å². The van der Waals surface area contributed by atoms with Gasteiger partial charge in [0, 0.05) is 12.6 Å². The lowest BCUT2D eigenvalue weighted by atomic mass is 10.1. The van der Waals surface area contributed by atoms with Gasteiger partial charge in [0.05, 0.1) is 9.83 Å². The Morgan fingerprint density at radius 1 is 1.45 bits per heavy atom. The molecule has 8 heteroatoms. The highest BCUT2D eigenvalue weighted by atomic mass is 32.2. The molecular formula is C12H10N2O5S. The number of aromatic hydroxyl groups is 1. The van der Waals surface area contributed by atoms with Gasteiger partial charge in [0.2, 0.25) is 0 Å². The van der Waals surface area contributed by atoms with E-state index in [9.17, 15) is 24.8 Å². The molecule has 1 N–H and O–H groups in total. The van der Waals surface area contributed by atoms with Crippen LogP contribution >= 0.6 is 11.8 Å². The van der Waals surface area contributed by atoms with Crippen molar-refractivity contribution in [2.24, 2.45) is 0 Å². The van der Waals surface area contributed by atoms with E-state index in [4.69, 9.17) is 0 Å². The molecule has 104 valence electrons. The van der Waals surface area contributed by atoms with Crippen LogP contribution in [0.25, 0.3) is 6.08 Å². The molecule has 1 heterocycles. The van der Waals surface area contributed by atoms with Crippen LogP contribution in [0.15, 0.2) is 23.1 Å². The number of phenols is 1. The summed E-state index contributed by atoms with van der Waals surface area (Å²) in [6, 6.07) is 3.76. The highest BCUT2D eigenvalue weighted by Gasteiger charge is 2.33. The first-order valence-corrected chi connectivity index (χ1v) is 6.48. The smallest absolute Gasteiger partial charge is 0.311 e. The van der Waals surface area contributed by atoms with Gasteiger partial charge in [-0.05, 0) is 36.4 Å². The number of benzene rings is 1. The summed E-state index contributed by atoms with van der Waals surface area (Å²) in [6.45, 7) is 1.96. The summed E-state index contributed by atoms with van der Waals surface area (Å²) in [6.07, 6.45) is 1.40. The minimum absolute atomic E-state index is 0.205. The summed E-state index contributed by atoms with van der Waals surface area (Å²) in [5.74, 6) is -0.868. The molecule has 2 amide bonds. The second-order valence-corrected chi connectivity index (χ2v) is 4.92. The maximum absolute atomic E-state index is 11.9. The number of amides is 2. The van der Waals surface area contributed by atoms with Gasteiger partial charge in [-0.25, -0.2) is 0 Å². The fraction of sp³-hybridized carbons (Fsp3) is 0.167. The molecule has 0 bridgehead atoms. The van der Waals surface area contributed by atoms with Gasteiger partial charge in [0.1, 0.15) is 0 Å². The van der Waals surface area contributed by atoms with Crippen LogP contribution in [0.2, 0.25) is 0 Å². The molecule has 1 fully saturated rings. The standard InChI is InChI=1S/C12H10N2O5S/c1-2-13-11(16)10(20-12(13)17)6-7-3-4-9(15)8(5-7)14(18)19/h3-6,15H,2H2,1H3/b10-6+.